The summed E-state index contributed by atoms with van der Waals surface area (Å²) in [5.74, 6) is 0. The van der Waals surface area contributed by atoms with E-state index in [0.717, 1.165) is 25.9 Å². The highest BCUT2D eigenvalue weighted by Gasteiger charge is 2.13. The van der Waals surface area contributed by atoms with E-state index in [9.17, 15) is 0 Å². The first-order chi connectivity index (χ1) is 6.35. The highest BCUT2D eigenvalue weighted by molar-refractivity contribution is 5.32. The first-order valence-corrected chi connectivity index (χ1v) is 5.06. The number of hydrogen-bond acceptors (Lipinski definition) is 2. The molecule has 1 aromatic rings. The van der Waals surface area contributed by atoms with Crippen LogP contribution in [0.3, 0.4) is 0 Å². The molecule has 0 saturated carbocycles. The Morgan fingerprint density at radius 2 is 2.15 bits per heavy atom. The summed E-state index contributed by atoms with van der Waals surface area (Å²) in [6.45, 7) is 6.33. The molecule has 0 atom stereocenters. The molecule has 1 aromatic heterocycles. The van der Waals surface area contributed by atoms with Crippen LogP contribution < -0.4 is 5.32 Å². The highest BCUT2D eigenvalue weighted by Crippen LogP contribution is 2.18. The lowest BCUT2D eigenvalue weighted by Crippen LogP contribution is -2.01. The van der Waals surface area contributed by atoms with Crippen molar-refractivity contribution in [3.05, 3.63) is 28.6 Å². The van der Waals surface area contributed by atoms with Gasteiger partial charge in [0.1, 0.15) is 0 Å². The van der Waals surface area contributed by atoms with Gasteiger partial charge in [0.05, 0.1) is 5.69 Å². The Morgan fingerprint density at radius 3 is 2.85 bits per heavy atom. The first-order valence-electron chi connectivity index (χ1n) is 5.06. The van der Waals surface area contributed by atoms with Crippen LogP contribution in [-0.2, 0) is 25.9 Å². The number of rotatable bonds is 2. The standard InChI is InChI=1S/C11H16N2/c1-3-8-5-9-6-12-7-11(9)13-10(8)4-2/h5,12H,3-4,6-7H2,1-2H3. The molecule has 2 rings (SSSR count). The van der Waals surface area contributed by atoms with Gasteiger partial charge in [-0.2, -0.15) is 0 Å². The molecule has 1 N–H and O–H groups in total. The van der Waals surface area contributed by atoms with Gasteiger partial charge in [0.25, 0.3) is 0 Å². The summed E-state index contributed by atoms with van der Waals surface area (Å²) in [6.07, 6.45) is 2.15. The summed E-state index contributed by atoms with van der Waals surface area (Å²) in [5, 5.41) is 3.33. The molecule has 2 nitrogen and oxygen atoms in total. The second kappa shape index (κ2) is 3.46. The Kier molecular flexibility index (Phi) is 2.32. The van der Waals surface area contributed by atoms with Gasteiger partial charge in [-0.3, -0.25) is 4.98 Å². The predicted molar refractivity (Wildman–Crippen MR) is 53.5 cm³/mol. The average Bonchev–Trinajstić information content (AvgIpc) is 2.62. The van der Waals surface area contributed by atoms with Crippen LogP contribution in [0.1, 0.15) is 36.4 Å². The van der Waals surface area contributed by atoms with Gasteiger partial charge < -0.3 is 5.32 Å². The summed E-state index contributed by atoms with van der Waals surface area (Å²) in [5.41, 5.74) is 5.36. The Morgan fingerprint density at radius 1 is 1.31 bits per heavy atom. The number of nitrogens with zero attached hydrogens (tertiary/aromatic N) is 1. The number of nitrogens with one attached hydrogen (secondary N) is 1. The third-order valence-corrected chi connectivity index (χ3v) is 2.68. The van der Waals surface area contributed by atoms with Gasteiger partial charge in [0.15, 0.2) is 0 Å². The SMILES string of the molecule is CCc1cc2c(nc1CC)CNC2. The fraction of sp³-hybridized carbons (Fsp3) is 0.545. The minimum atomic E-state index is 0.951. The molecule has 0 saturated heterocycles. The number of aryl methyl sites for hydroxylation is 2. The fourth-order valence-electron chi connectivity index (χ4n) is 1.92. The topological polar surface area (TPSA) is 24.9 Å². The van der Waals surface area contributed by atoms with Crippen LogP contribution in [-0.4, -0.2) is 4.98 Å². The molecule has 0 radical (unpaired) electrons. The van der Waals surface area contributed by atoms with Gasteiger partial charge in [0.2, 0.25) is 0 Å². The zero-order valence-electron chi connectivity index (χ0n) is 8.35. The molecule has 0 amide bonds. The second-order valence-electron chi connectivity index (χ2n) is 3.51. The lowest BCUT2D eigenvalue weighted by molar-refractivity contribution is 0.756. The Labute approximate surface area is 79.4 Å². The first kappa shape index (κ1) is 8.70. The summed E-state index contributed by atoms with van der Waals surface area (Å²) in [6, 6.07) is 2.32. The third kappa shape index (κ3) is 1.46. The lowest BCUT2D eigenvalue weighted by Gasteiger charge is -2.07. The molecule has 13 heavy (non-hydrogen) atoms. The third-order valence-electron chi connectivity index (χ3n) is 2.68. The molecule has 1 aliphatic rings. The van der Waals surface area contributed by atoms with Crippen LogP contribution >= 0.6 is 0 Å². The normalized spacial score (nSPS) is 14.6. The highest BCUT2D eigenvalue weighted by atomic mass is 14.9. The number of pyridine rings is 1. The molecule has 1 aliphatic heterocycles. The summed E-state index contributed by atoms with van der Waals surface area (Å²) in [7, 11) is 0. The molecular formula is C11H16N2. The van der Waals surface area contributed by atoms with Crippen molar-refractivity contribution < 1.29 is 0 Å². The molecule has 2 heterocycles. The largest absolute Gasteiger partial charge is 0.307 e. The van der Waals surface area contributed by atoms with Gasteiger partial charge in [0, 0.05) is 18.8 Å². The molecule has 2 heteroatoms. The van der Waals surface area contributed by atoms with Crippen molar-refractivity contribution >= 4 is 0 Å². The van der Waals surface area contributed by atoms with E-state index in [1.54, 1.807) is 0 Å². The number of hydrogen-bond donors (Lipinski definition) is 1. The van der Waals surface area contributed by atoms with E-state index in [2.05, 4.69) is 30.2 Å². The van der Waals surface area contributed by atoms with Crippen molar-refractivity contribution in [2.24, 2.45) is 0 Å². The number of fused-ring (bicyclic) bond motifs is 1. The Bertz CT molecular complexity index is 287. The van der Waals surface area contributed by atoms with Gasteiger partial charge in [-0.1, -0.05) is 19.9 Å². The van der Waals surface area contributed by atoms with Crippen molar-refractivity contribution in [2.45, 2.75) is 39.8 Å². The van der Waals surface area contributed by atoms with Gasteiger partial charge in [-0.25, -0.2) is 0 Å². The second-order valence-corrected chi connectivity index (χ2v) is 3.51. The van der Waals surface area contributed by atoms with Gasteiger partial charge in [-0.05, 0) is 24.0 Å². The van der Waals surface area contributed by atoms with E-state index in [0.29, 0.717) is 0 Å². The Balaban J connectivity index is 2.47. The van der Waals surface area contributed by atoms with Crippen molar-refractivity contribution in [1.82, 2.24) is 10.3 Å². The quantitative estimate of drug-likeness (QED) is 0.743. The lowest BCUT2D eigenvalue weighted by atomic mass is 10.1. The fourth-order valence-corrected chi connectivity index (χ4v) is 1.92. The maximum Gasteiger partial charge on any atom is 0.0590 e. The van der Waals surface area contributed by atoms with Crippen molar-refractivity contribution in [1.29, 1.82) is 0 Å². The predicted octanol–water partition coefficient (Wildman–Crippen LogP) is 1.81. The molecule has 70 valence electrons. The minimum absolute atomic E-state index is 0.951. The van der Waals surface area contributed by atoms with Crippen molar-refractivity contribution in [2.75, 3.05) is 0 Å². The van der Waals surface area contributed by atoms with E-state index in [1.165, 1.54) is 22.5 Å². The van der Waals surface area contributed by atoms with Crippen LogP contribution in [0.2, 0.25) is 0 Å². The molecule has 0 aliphatic carbocycles. The average molecular weight is 176 g/mol. The van der Waals surface area contributed by atoms with Crippen LogP contribution in [0.25, 0.3) is 0 Å². The summed E-state index contributed by atoms with van der Waals surface area (Å²) >= 11 is 0. The summed E-state index contributed by atoms with van der Waals surface area (Å²) in [4.78, 5) is 4.68. The minimum Gasteiger partial charge on any atom is -0.307 e. The molecule has 0 bridgehead atoms. The van der Waals surface area contributed by atoms with Crippen LogP contribution in [0.4, 0.5) is 0 Å². The molecule has 0 aromatic carbocycles. The van der Waals surface area contributed by atoms with E-state index in [4.69, 9.17) is 0 Å². The monoisotopic (exact) mass is 176 g/mol. The van der Waals surface area contributed by atoms with Gasteiger partial charge >= 0.3 is 0 Å². The van der Waals surface area contributed by atoms with Crippen LogP contribution in [0, 0.1) is 0 Å². The van der Waals surface area contributed by atoms with E-state index >= 15 is 0 Å². The molecule has 0 unspecified atom stereocenters. The smallest absolute Gasteiger partial charge is 0.0590 e. The van der Waals surface area contributed by atoms with E-state index < -0.39 is 0 Å². The summed E-state index contributed by atoms with van der Waals surface area (Å²) < 4.78 is 0. The van der Waals surface area contributed by atoms with E-state index in [-0.39, 0.29) is 0 Å². The van der Waals surface area contributed by atoms with Crippen LogP contribution in [0.15, 0.2) is 6.07 Å². The van der Waals surface area contributed by atoms with Crippen molar-refractivity contribution in [3.63, 3.8) is 0 Å². The zero-order chi connectivity index (χ0) is 9.26. The zero-order valence-corrected chi connectivity index (χ0v) is 8.35. The Hall–Kier alpha value is -0.890. The maximum atomic E-state index is 4.68. The maximum absolute atomic E-state index is 4.68. The number of aromatic nitrogens is 1. The van der Waals surface area contributed by atoms with Gasteiger partial charge in [-0.15, -0.1) is 0 Å². The van der Waals surface area contributed by atoms with Crippen molar-refractivity contribution in [3.8, 4) is 0 Å². The molecular weight excluding hydrogens is 160 g/mol. The van der Waals surface area contributed by atoms with E-state index in [1.807, 2.05) is 0 Å². The molecule has 0 spiro atoms. The molecule has 0 fully saturated rings. The van der Waals surface area contributed by atoms with Crippen LogP contribution in [0.5, 0.6) is 0 Å².